The fourth-order valence-corrected chi connectivity index (χ4v) is 11.2. The highest BCUT2D eigenvalue weighted by atomic mass is 16.3. The van der Waals surface area contributed by atoms with Crippen molar-refractivity contribution in [1.29, 1.82) is 0 Å². The molecule has 2 unspecified atom stereocenters. The molecule has 0 radical (unpaired) electrons. The van der Waals surface area contributed by atoms with Gasteiger partial charge in [-0.3, -0.25) is 0 Å². The molecule has 2 atom stereocenters. The van der Waals surface area contributed by atoms with Crippen molar-refractivity contribution >= 4 is 77.1 Å². The lowest BCUT2D eigenvalue weighted by Crippen LogP contribution is -2.20. The van der Waals surface area contributed by atoms with Gasteiger partial charge < -0.3 is 9.32 Å². The molecule has 67 heavy (non-hydrogen) atoms. The summed E-state index contributed by atoms with van der Waals surface area (Å²) in [6, 6.07) is 77.4. The number of fused-ring (bicyclic) bond motifs is 9. The van der Waals surface area contributed by atoms with E-state index in [0.29, 0.717) is 0 Å². The number of nitrogens with zero attached hydrogens (tertiary/aromatic N) is 1. The van der Waals surface area contributed by atoms with E-state index in [4.69, 9.17) is 4.42 Å². The highest BCUT2D eigenvalue weighted by Crippen LogP contribution is 2.48. The first-order chi connectivity index (χ1) is 33.2. The number of hydrogen-bond acceptors (Lipinski definition) is 2. The Morgan fingerprint density at radius 1 is 0.582 bits per heavy atom. The third-order valence-electron chi connectivity index (χ3n) is 14.1. The molecule has 0 saturated heterocycles. The second kappa shape index (κ2) is 15.9. The van der Waals surface area contributed by atoms with E-state index in [-0.39, 0.29) is 11.8 Å². The van der Waals surface area contributed by atoms with Gasteiger partial charge in [-0.2, -0.15) is 0 Å². The summed E-state index contributed by atoms with van der Waals surface area (Å²) in [5, 5.41) is 10.8. The van der Waals surface area contributed by atoms with Crippen molar-refractivity contribution in [3.63, 3.8) is 0 Å². The normalized spacial score (nSPS) is 15.7. The maximum Gasteiger partial charge on any atom is 0.142 e. The van der Waals surface area contributed by atoms with Crippen LogP contribution < -0.4 is 4.90 Å². The molecule has 10 aromatic carbocycles. The third kappa shape index (κ3) is 6.50. The zero-order valence-electron chi connectivity index (χ0n) is 37.2. The number of rotatable bonds is 7. The van der Waals surface area contributed by atoms with Crippen LogP contribution in [0.1, 0.15) is 48.1 Å². The Morgan fingerprint density at radius 2 is 1.28 bits per heavy atom. The fourth-order valence-electron chi connectivity index (χ4n) is 11.2. The molecule has 0 fully saturated rings. The smallest absolute Gasteiger partial charge is 0.142 e. The quantitative estimate of drug-likeness (QED) is 0.149. The number of anilines is 2. The van der Waals surface area contributed by atoms with Crippen molar-refractivity contribution in [3.8, 4) is 22.3 Å². The van der Waals surface area contributed by atoms with Gasteiger partial charge in [0.1, 0.15) is 11.3 Å². The fraction of sp³-hybridized carbons (Fsp3) is 0.0769. The van der Waals surface area contributed by atoms with E-state index in [1.54, 1.807) is 0 Å². The minimum Gasteiger partial charge on any atom is -0.459 e. The van der Waals surface area contributed by atoms with Gasteiger partial charge >= 0.3 is 0 Å². The number of benzene rings is 9. The maximum atomic E-state index is 6.96. The van der Waals surface area contributed by atoms with Crippen molar-refractivity contribution in [1.82, 2.24) is 0 Å². The van der Waals surface area contributed by atoms with Gasteiger partial charge in [0.2, 0.25) is 0 Å². The van der Waals surface area contributed by atoms with E-state index in [1.165, 1.54) is 76.8 Å². The summed E-state index contributed by atoms with van der Waals surface area (Å²) in [5.74, 6) is 1.49. The average molecular weight is 856 g/mol. The first-order valence-electron chi connectivity index (χ1n) is 23.5. The van der Waals surface area contributed by atoms with Crippen molar-refractivity contribution in [3.05, 3.63) is 253 Å². The third-order valence-corrected chi connectivity index (χ3v) is 14.1. The van der Waals surface area contributed by atoms with Gasteiger partial charge in [-0.1, -0.05) is 201 Å². The maximum absolute atomic E-state index is 6.96. The summed E-state index contributed by atoms with van der Waals surface area (Å²) in [6.45, 7) is 2.36. The largest absolute Gasteiger partial charge is 0.459 e. The molecule has 0 bridgehead atoms. The predicted octanol–water partition coefficient (Wildman–Crippen LogP) is 17.7. The van der Waals surface area contributed by atoms with Gasteiger partial charge in [0.25, 0.3) is 0 Å². The topological polar surface area (TPSA) is 16.4 Å². The van der Waals surface area contributed by atoms with Crippen molar-refractivity contribution in [2.24, 2.45) is 5.92 Å². The Labute approximate surface area is 391 Å². The SMILES string of the molecule is CC1C=C(c2c(-c3ccccc3)c3ccccc3c3c#cccc23)C=C(N(c2ccc(-c3cccc4c5c(oc34)C(c3ccccc3)CC=C5)cc2)c2cc3ccccc3c3ccccc23)C1. The molecular formula is C65H45NO. The van der Waals surface area contributed by atoms with Crippen molar-refractivity contribution in [2.75, 3.05) is 4.90 Å². The van der Waals surface area contributed by atoms with E-state index >= 15 is 0 Å². The lowest BCUT2D eigenvalue weighted by atomic mass is 9.82. The molecular weight excluding hydrogens is 811 g/mol. The number of furan rings is 1. The number of para-hydroxylation sites is 1. The van der Waals surface area contributed by atoms with Crippen LogP contribution in [-0.2, 0) is 0 Å². The lowest BCUT2D eigenvalue weighted by Gasteiger charge is -2.33. The Hall–Kier alpha value is -8.38. The molecule has 0 spiro atoms. The first-order valence-corrected chi connectivity index (χ1v) is 23.5. The second-order valence-electron chi connectivity index (χ2n) is 18.2. The van der Waals surface area contributed by atoms with E-state index in [0.717, 1.165) is 57.5 Å². The lowest BCUT2D eigenvalue weighted by molar-refractivity contribution is 0.517. The van der Waals surface area contributed by atoms with Gasteiger partial charge in [0.05, 0.1) is 5.69 Å². The molecule has 1 heterocycles. The van der Waals surface area contributed by atoms with Crippen LogP contribution in [0.5, 0.6) is 0 Å². The summed E-state index contributed by atoms with van der Waals surface area (Å²) < 4.78 is 6.96. The second-order valence-corrected chi connectivity index (χ2v) is 18.2. The highest BCUT2D eigenvalue weighted by molar-refractivity contribution is 6.20. The summed E-state index contributed by atoms with van der Waals surface area (Å²) >= 11 is 0. The van der Waals surface area contributed by atoms with Gasteiger partial charge in [-0.05, 0) is 121 Å². The monoisotopic (exact) mass is 855 g/mol. The summed E-state index contributed by atoms with van der Waals surface area (Å²) in [7, 11) is 0. The van der Waals surface area contributed by atoms with Crippen LogP contribution in [-0.4, -0.2) is 0 Å². The Bertz CT molecular complexity index is 3810. The zero-order valence-corrected chi connectivity index (χ0v) is 37.2. The zero-order chi connectivity index (χ0) is 44.4. The highest BCUT2D eigenvalue weighted by Gasteiger charge is 2.28. The van der Waals surface area contributed by atoms with Gasteiger partial charge in [0.15, 0.2) is 0 Å². The minimum absolute atomic E-state index is 0.187. The molecule has 0 saturated carbocycles. The Kier molecular flexibility index (Phi) is 9.29. The summed E-state index contributed by atoms with van der Waals surface area (Å²) in [5.41, 5.74) is 14.0. The van der Waals surface area contributed by atoms with E-state index in [2.05, 4.69) is 236 Å². The van der Waals surface area contributed by atoms with Gasteiger partial charge in [0, 0.05) is 44.6 Å². The molecule has 2 nitrogen and oxygen atoms in total. The van der Waals surface area contributed by atoms with E-state index in [9.17, 15) is 0 Å². The molecule has 1 aromatic heterocycles. The van der Waals surface area contributed by atoms with Crippen molar-refractivity contribution < 1.29 is 4.42 Å². The van der Waals surface area contributed by atoms with Gasteiger partial charge in [-0.15, -0.1) is 0 Å². The van der Waals surface area contributed by atoms with Crippen LogP contribution in [0.15, 0.2) is 222 Å². The standard InChI is InChI=1S/C65H45NO/c1-42-38-47(63-58-29-15-12-26-55(58)54-25-11-14-28-57(54)62(63)45-20-6-3-7-21-45)40-49(39-42)66(61-41-46-22-8-9-23-50(46)53-24-10-13-27-56(53)61)48-36-34-44(35-37-48)52-31-17-33-60-59-32-16-30-51(64(59)67-65(52)60)43-18-4-2-5-19-43/h2-11,13-25,27-29,31-38,40-42,51H,30,39H2,1H3. The van der Waals surface area contributed by atoms with Crippen LogP contribution in [0.25, 0.3) is 88.0 Å². The Morgan fingerprint density at radius 3 is 2.10 bits per heavy atom. The van der Waals surface area contributed by atoms with Crippen LogP contribution in [0.4, 0.5) is 11.4 Å². The van der Waals surface area contributed by atoms with E-state index in [1.807, 2.05) is 6.07 Å². The number of hydrogen-bond donors (Lipinski definition) is 0. The molecule has 11 aromatic rings. The van der Waals surface area contributed by atoms with Crippen LogP contribution >= 0.6 is 0 Å². The molecule has 316 valence electrons. The molecule has 2 heteroatoms. The van der Waals surface area contributed by atoms with Crippen LogP contribution in [0, 0.1) is 18.1 Å². The Balaban J connectivity index is 1.01. The molecule has 0 amide bonds. The molecule has 2 aliphatic carbocycles. The number of allylic oxidation sites excluding steroid dienone is 5. The molecule has 0 N–H and O–H groups in total. The molecule has 2 aliphatic rings. The minimum atomic E-state index is 0.187. The first kappa shape index (κ1) is 39.0. The summed E-state index contributed by atoms with van der Waals surface area (Å²) in [4.78, 5) is 2.54. The van der Waals surface area contributed by atoms with Crippen LogP contribution in [0.3, 0.4) is 0 Å². The van der Waals surface area contributed by atoms with E-state index < -0.39 is 0 Å². The molecule has 13 rings (SSSR count). The van der Waals surface area contributed by atoms with Crippen molar-refractivity contribution in [2.45, 2.75) is 25.7 Å². The average Bonchev–Trinajstić information content (AvgIpc) is 3.78. The van der Waals surface area contributed by atoms with Gasteiger partial charge in [-0.25, -0.2) is 0 Å². The predicted molar refractivity (Wildman–Crippen MR) is 282 cm³/mol. The van der Waals surface area contributed by atoms with Crippen LogP contribution in [0.2, 0.25) is 0 Å². The summed E-state index contributed by atoms with van der Waals surface area (Å²) in [6.07, 6.45) is 11.3. The molecule has 0 aliphatic heterocycles.